The predicted molar refractivity (Wildman–Crippen MR) is 45.6 cm³/mol. The Balaban J connectivity index is 3.27. The van der Waals surface area contributed by atoms with Crippen molar-refractivity contribution in [3.8, 4) is 0 Å². The van der Waals surface area contributed by atoms with Gasteiger partial charge in [-0.2, -0.15) is 4.98 Å². The Morgan fingerprint density at radius 2 is 2.50 bits per heavy atom. The van der Waals surface area contributed by atoms with Crippen molar-refractivity contribution in [2.75, 3.05) is 0 Å². The van der Waals surface area contributed by atoms with Crippen molar-refractivity contribution >= 4 is 11.9 Å². The number of aromatic amines is 1. The van der Waals surface area contributed by atoms with Gasteiger partial charge in [-0.1, -0.05) is 0 Å². The van der Waals surface area contributed by atoms with E-state index < -0.39 is 23.2 Å². The fraction of sp³-hybridized carbons (Fsp3) is 0.250. The van der Waals surface area contributed by atoms with E-state index in [1.165, 1.54) is 0 Å². The van der Waals surface area contributed by atoms with Crippen molar-refractivity contribution in [3.05, 3.63) is 26.2 Å². The van der Waals surface area contributed by atoms with E-state index in [9.17, 15) is 14.9 Å². The van der Waals surface area contributed by atoms with Crippen molar-refractivity contribution in [3.63, 3.8) is 0 Å². The van der Waals surface area contributed by atoms with Crippen LogP contribution in [0.1, 0.15) is 0 Å². The van der Waals surface area contributed by atoms with Crippen molar-refractivity contribution < 1.29 is 14.9 Å². The second kappa shape index (κ2) is 4.56. The lowest BCUT2D eigenvalue weighted by Gasteiger charge is -1.93. The Morgan fingerprint density at radius 1 is 1.81 bits per heavy atom. The third kappa shape index (κ3) is 2.81. The number of aromatic nitrogens is 3. The zero-order valence-corrected chi connectivity index (χ0v) is 7.51. The summed E-state index contributed by atoms with van der Waals surface area (Å²) in [5.41, 5.74) is 7.59. The van der Waals surface area contributed by atoms with E-state index in [1.807, 2.05) is 0 Å². The van der Waals surface area contributed by atoms with Gasteiger partial charge in [0.05, 0.1) is 0 Å². The highest BCUT2D eigenvalue weighted by molar-refractivity contribution is 5.66. The molecule has 0 unspecified atom stereocenters. The molecule has 0 spiro atoms. The van der Waals surface area contributed by atoms with Gasteiger partial charge in [0.1, 0.15) is 11.6 Å². The van der Waals surface area contributed by atoms with Crippen LogP contribution in [0.3, 0.4) is 0 Å². The summed E-state index contributed by atoms with van der Waals surface area (Å²) < 4.78 is 0.759. The summed E-state index contributed by atoms with van der Waals surface area (Å²) in [4.78, 5) is 26.3. The van der Waals surface area contributed by atoms with Crippen LogP contribution in [-0.4, -0.2) is 30.9 Å². The van der Waals surface area contributed by atoms with Crippen LogP contribution in [0.2, 0.25) is 0 Å². The summed E-state index contributed by atoms with van der Waals surface area (Å²) >= 11 is 0. The number of carboxylic acids is 1. The van der Waals surface area contributed by atoms with Crippen LogP contribution in [0, 0.1) is 10.1 Å². The number of azide groups is 1. The van der Waals surface area contributed by atoms with Crippen LogP contribution in [0.15, 0.2) is 10.2 Å². The molecule has 0 fully saturated rings. The molecule has 1 aromatic rings. The molecule has 0 aliphatic rings. The third-order valence-electron chi connectivity index (χ3n) is 1.29. The number of nitrogens with one attached hydrogen (secondary N) is 1. The maximum atomic E-state index is 10.4. The largest absolute Gasteiger partial charge is 0.480 e. The van der Waals surface area contributed by atoms with Crippen LogP contribution in [-0.2, 0) is 11.3 Å². The first-order chi connectivity index (χ1) is 7.52. The molecule has 12 nitrogen and oxygen atoms in total. The molecule has 0 bridgehead atoms. The minimum absolute atomic E-state index is 0.315. The number of aliphatic carboxylic acids is 1. The SMILES string of the molecule is [N-]=[N+]=Nc1n/c(=N/[N+](=O)[O-])n(CC(=O)O)[nH]1. The monoisotopic (exact) mass is 228 g/mol. The Labute approximate surface area is 85.6 Å². The summed E-state index contributed by atoms with van der Waals surface area (Å²) in [6, 6.07) is 0. The zero-order chi connectivity index (χ0) is 12.1. The Bertz CT molecular complexity index is 532. The summed E-state index contributed by atoms with van der Waals surface area (Å²) in [6.45, 7) is -0.624. The second-order valence-corrected chi connectivity index (χ2v) is 2.35. The van der Waals surface area contributed by atoms with Gasteiger partial charge in [-0.25, -0.2) is 14.8 Å². The van der Waals surface area contributed by atoms with E-state index >= 15 is 0 Å². The van der Waals surface area contributed by atoms with Crippen LogP contribution >= 0.6 is 0 Å². The first-order valence-corrected chi connectivity index (χ1v) is 3.65. The molecule has 0 aliphatic carbocycles. The molecule has 1 heterocycles. The first kappa shape index (κ1) is 11.2. The summed E-state index contributed by atoms with van der Waals surface area (Å²) in [7, 11) is 0. The molecule has 16 heavy (non-hydrogen) atoms. The van der Waals surface area contributed by atoms with Crippen molar-refractivity contribution in [2.45, 2.75) is 6.54 Å². The molecule has 2 N–H and O–H groups in total. The minimum Gasteiger partial charge on any atom is -0.480 e. The molecule has 1 aromatic heterocycles. The third-order valence-corrected chi connectivity index (χ3v) is 1.29. The molecule has 0 amide bonds. The molecule has 0 saturated carbocycles. The maximum absolute atomic E-state index is 10.4. The number of nitrogens with zero attached hydrogens (tertiary/aromatic N) is 7. The topological polar surface area (TPSA) is 175 Å². The van der Waals surface area contributed by atoms with Crippen molar-refractivity contribution in [1.29, 1.82) is 0 Å². The standard InChI is InChI=1S/C4H4N8O4/c5-10-7-3-6-4(9-12(15)16)11(8-3)1-2(13)14/h1H2,(H,13,14)(H,6,8,9). The van der Waals surface area contributed by atoms with Gasteiger partial charge in [-0.15, -0.1) is 0 Å². The predicted octanol–water partition coefficient (Wildman–Crippen LogP) is -0.670. The minimum atomic E-state index is -1.26. The lowest BCUT2D eigenvalue weighted by Crippen LogP contribution is -2.25. The lowest BCUT2D eigenvalue weighted by atomic mass is 10.7. The first-order valence-electron chi connectivity index (χ1n) is 3.65. The average molecular weight is 228 g/mol. The van der Waals surface area contributed by atoms with Gasteiger partial charge in [0.2, 0.25) is 5.95 Å². The van der Waals surface area contributed by atoms with Crippen LogP contribution in [0.5, 0.6) is 0 Å². The molecule has 0 radical (unpaired) electrons. The van der Waals surface area contributed by atoms with Crippen molar-refractivity contribution in [1.82, 2.24) is 14.8 Å². The number of hydrogen-bond acceptors (Lipinski definition) is 5. The molecule has 0 aliphatic heterocycles. The van der Waals surface area contributed by atoms with Gasteiger partial charge in [0.15, 0.2) is 5.03 Å². The van der Waals surface area contributed by atoms with E-state index in [0.717, 1.165) is 4.68 Å². The number of carboxylic acid groups (broad SMARTS) is 1. The molecule has 0 saturated heterocycles. The molecule has 1 rings (SSSR count). The Kier molecular flexibility index (Phi) is 3.19. The van der Waals surface area contributed by atoms with Gasteiger partial charge in [-0.3, -0.25) is 9.89 Å². The number of rotatable bonds is 4. The summed E-state index contributed by atoms with van der Waals surface area (Å²) in [5.74, 6) is -1.58. The van der Waals surface area contributed by atoms with Gasteiger partial charge in [-0.05, 0) is 10.6 Å². The Morgan fingerprint density at radius 3 is 3.00 bits per heavy atom. The van der Waals surface area contributed by atoms with Gasteiger partial charge in [0.25, 0.3) is 0 Å². The van der Waals surface area contributed by atoms with Gasteiger partial charge >= 0.3 is 11.6 Å². The molecular formula is C4H4N8O4. The zero-order valence-electron chi connectivity index (χ0n) is 7.51. The van der Waals surface area contributed by atoms with Crippen LogP contribution in [0.25, 0.3) is 10.4 Å². The normalized spacial score (nSPS) is 10.9. The molecular weight excluding hydrogens is 224 g/mol. The van der Waals surface area contributed by atoms with Crippen LogP contribution in [0.4, 0.5) is 5.95 Å². The lowest BCUT2D eigenvalue weighted by molar-refractivity contribution is -0.491. The molecule has 12 heteroatoms. The Hall–Kier alpha value is -2.88. The highest BCUT2D eigenvalue weighted by atomic mass is 16.7. The van der Waals surface area contributed by atoms with Gasteiger partial charge < -0.3 is 5.11 Å². The number of hydrogen-bond donors (Lipinski definition) is 2. The fourth-order valence-electron chi connectivity index (χ4n) is 0.833. The van der Waals surface area contributed by atoms with E-state index in [-0.39, 0.29) is 5.95 Å². The molecule has 84 valence electrons. The van der Waals surface area contributed by atoms with E-state index in [1.54, 1.807) is 0 Å². The van der Waals surface area contributed by atoms with Gasteiger partial charge in [0, 0.05) is 4.91 Å². The molecule has 0 atom stereocenters. The van der Waals surface area contributed by atoms with E-state index in [2.05, 4.69) is 25.2 Å². The summed E-state index contributed by atoms with van der Waals surface area (Å²) in [6.07, 6.45) is 0. The number of nitro groups is 1. The van der Waals surface area contributed by atoms with Crippen molar-refractivity contribution in [2.24, 2.45) is 10.2 Å². The highest BCUT2D eigenvalue weighted by Gasteiger charge is 2.08. The second-order valence-electron chi connectivity index (χ2n) is 2.35. The summed E-state index contributed by atoms with van der Waals surface area (Å²) in [5, 5.41) is 25.6. The number of carbonyl (C=O) groups is 1. The maximum Gasteiger partial charge on any atom is 0.325 e. The highest BCUT2D eigenvalue weighted by Crippen LogP contribution is 1.97. The number of H-pyrrole nitrogens is 1. The quantitative estimate of drug-likeness (QED) is 0.228. The smallest absolute Gasteiger partial charge is 0.325 e. The fourth-order valence-corrected chi connectivity index (χ4v) is 0.833. The van der Waals surface area contributed by atoms with Crippen LogP contribution < -0.4 is 5.62 Å². The average Bonchev–Trinajstić information content (AvgIpc) is 2.46. The van der Waals surface area contributed by atoms with E-state index in [0.29, 0.717) is 0 Å². The van der Waals surface area contributed by atoms with E-state index in [4.69, 9.17) is 10.6 Å². The molecule has 0 aromatic carbocycles.